The van der Waals surface area contributed by atoms with Crippen molar-refractivity contribution in [2.75, 3.05) is 22.5 Å². The van der Waals surface area contributed by atoms with Crippen molar-refractivity contribution < 1.29 is 31.1 Å². The molecule has 0 saturated heterocycles. The number of nitrogens with two attached hydrogens (primary N) is 1. The summed E-state index contributed by atoms with van der Waals surface area (Å²) in [6.07, 6.45) is -4.17. The molecule has 7 nitrogen and oxygen atoms in total. The number of aromatic nitrogens is 2. The predicted octanol–water partition coefficient (Wildman–Crippen LogP) is 3.94. The molecule has 3 aliphatic heterocycles. The Morgan fingerprint density at radius 3 is 2.53 bits per heavy atom. The van der Waals surface area contributed by atoms with Crippen LogP contribution in [-0.2, 0) is 10.2 Å². The number of nitrogen functional groups attached to an aromatic ring is 1. The van der Waals surface area contributed by atoms with Gasteiger partial charge in [-0.2, -0.15) is 31.9 Å². The molecule has 32 heavy (non-hydrogen) atoms. The van der Waals surface area contributed by atoms with Crippen LogP contribution in [0.3, 0.4) is 0 Å². The monoisotopic (exact) mass is 460 g/mol. The van der Waals surface area contributed by atoms with Crippen LogP contribution in [0.2, 0.25) is 0 Å². The average molecular weight is 460 g/mol. The van der Waals surface area contributed by atoms with Gasteiger partial charge in [-0.25, -0.2) is 4.39 Å². The molecule has 0 bridgehead atoms. The van der Waals surface area contributed by atoms with Crippen LogP contribution in [0.5, 0.6) is 0 Å². The standard InChI is InChI=1S/C19H18F6N6O/c1-17(2)12-13(26)27-16(29-14(12)28-15(17)32)31-8-10(5-6-18(21,22)19(23,24)25)30-7-9(20)3-4-11(30)31/h3-4,8H,5-7H2,1-2H3,(H3,26,27,28,29,32). The van der Waals surface area contributed by atoms with Crippen molar-refractivity contribution in [2.45, 2.75) is 44.2 Å². The van der Waals surface area contributed by atoms with E-state index >= 15 is 0 Å². The second-order valence-electron chi connectivity index (χ2n) is 8.13. The lowest BCUT2D eigenvalue weighted by Gasteiger charge is -2.28. The Morgan fingerprint density at radius 2 is 1.88 bits per heavy atom. The Morgan fingerprint density at radius 1 is 1.19 bits per heavy atom. The highest BCUT2D eigenvalue weighted by Gasteiger charge is 2.57. The first-order chi connectivity index (χ1) is 14.7. The maximum Gasteiger partial charge on any atom is 0.453 e. The highest BCUT2D eigenvalue weighted by molar-refractivity contribution is 6.06. The fourth-order valence-corrected chi connectivity index (χ4v) is 3.73. The Labute approximate surface area is 178 Å². The number of carbonyl (C=O) groups excluding carboxylic acids is 1. The first-order valence-corrected chi connectivity index (χ1v) is 9.50. The van der Waals surface area contributed by atoms with E-state index in [9.17, 15) is 31.1 Å². The molecule has 13 heteroatoms. The molecular weight excluding hydrogens is 442 g/mol. The summed E-state index contributed by atoms with van der Waals surface area (Å²) < 4.78 is 78.5. The summed E-state index contributed by atoms with van der Waals surface area (Å²) >= 11 is 0. The van der Waals surface area contributed by atoms with E-state index in [1.54, 1.807) is 13.8 Å². The van der Waals surface area contributed by atoms with Crippen LogP contribution in [0, 0.1) is 0 Å². The van der Waals surface area contributed by atoms with E-state index in [0.29, 0.717) is 5.56 Å². The van der Waals surface area contributed by atoms with Crippen LogP contribution in [0.25, 0.3) is 0 Å². The van der Waals surface area contributed by atoms with Crippen LogP contribution in [0.1, 0.15) is 32.3 Å². The van der Waals surface area contributed by atoms with E-state index in [4.69, 9.17) is 5.73 Å². The number of allylic oxidation sites excluding steroid dienone is 3. The quantitative estimate of drug-likeness (QED) is 0.662. The summed E-state index contributed by atoms with van der Waals surface area (Å²) in [5, 5.41) is 2.60. The van der Waals surface area contributed by atoms with Gasteiger partial charge in [-0.15, -0.1) is 0 Å². The molecule has 4 heterocycles. The molecule has 0 fully saturated rings. The van der Waals surface area contributed by atoms with Gasteiger partial charge in [0.15, 0.2) is 0 Å². The number of fused-ring (bicyclic) bond motifs is 2. The first-order valence-electron chi connectivity index (χ1n) is 9.50. The van der Waals surface area contributed by atoms with E-state index in [0.717, 1.165) is 6.08 Å². The zero-order valence-corrected chi connectivity index (χ0v) is 16.9. The third-order valence-electron chi connectivity index (χ3n) is 5.55. The number of nitrogens with one attached hydrogen (secondary N) is 1. The van der Waals surface area contributed by atoms with Gasteiger partial charge in [-0.05, 0) is 32.4 Å². The van der Waals surface area contributed by atoms with Crippen LogP contribution in [-0.4, -0.2) is 39.4 Å². The van der Waals surface area contributed by atoms with E-state index in [1.165, 1.54) is 22.1 Å². The van der Waals surface area contributed by atoms with Crippen molar-refractivity contribution in [1.82, 2.24) is 14.9 Å². The van der Waals surface area contributed by atoms with Gasteiger partial charge in [-0.3, -0.25) is 9.69 Å². The van der Waals surface area contributed by atoms with Gasteiger partial charge >= 0.3 is 12.1 Å². The molecule has 0 aliphatic carbocycles. The summed E-state index contributed by atoms with van der Waals surface area (Å²) in [6.45, 7) is 2.93. The van der Waals surface area contributed by atoms with Gasteiger partial charge < -0.3 is 16.0 Å². The molecule has 3 aliphatic rings. The lowest BCUT2D eigenvalue weighted by molar-refractivity contribution is -0.284. The average Bonchev–Trinajstić information content (AvgIpc) is 3.13. The number of nitrogens with zero attached hydrogens (tertiary/aromatic N) is 4. The number of hydrogen-bond donors (Lipinski definition) is 2. The Balaban J connectivity index is 1.70. The smallest absolute Gasteiger partial charge is 0.383 e. The van der Waals surface area contributed by atoms with Crippen molar-refractivity contribution >= 4 is 23.5 Å². The number of hydrogen-bond acceptors (Lipinski definition) is 6. The molecule has 0 atom stereocenters. The number of amides is 1. The van der Waals surface area contributed by atoms with Crippen molar-refractivity contribution in [3.63, 3.8) is 0 Å². The topological polar surface area (TPSA) is 87.4 Å². The Hall–Kier alpha value is -3.25. The van der Waals surface area contributed by atoms with Crippen LogP contribution < -0.4 is 16.0 Å². The Bertz CT molecular complexity index is 1090. The number of rotatable bonds is 4. The van der Waals surface area contributed by atoms with Crippen molar-refractivity contribution in [2.24, 2.45) is 0 Å². The van der Waals surface area contributed by atoms with E-state index in [-0.39, 0.29) is 41.6 Å². The summed E-state index contributed by atoms with van der Waals surface area (Å²) in [6, 6.07) is 0. The zero-order valence-electron chi connectivity index (χ0n) is 16.9. The molecule has 0 aromatic carbocycles. The summed E-state index contributed by atoms with van der Waals surface area (Å²) in [5.74, 6) is -5.49. The minimum atomic E-state index is -5.69. The molecule has 4 rings (SSSR count). The van der Waals surface area contributed by atoms with Crippen LogP contribution >= 0.6 is 0 Å². The summed E-state index contributed by atoms with van der Waals surface area (Å²) in [4.78, 5) is 23.3. The zero-order chi connectivity index (χ0) is 23.6. The Kier molecular flexibility index (Phi) is 4.72. The van der Waals surface area contributed by atoms with Crippen molar-refractivity contribution in [3.05, 3.63) is 41.3 Å². The van der Waals surface area contributed by atoms with E-state index < -0.39 is 36.2 Å². The predicted molar refractivity (Wildman–Crippen MR) is 103 cm³/mol. The fourth-order valence-electron chi connectivity index (χ4n) is 3.73. The molecule has 0 unspecified atom stereocenters. The van der Waals surface area contributed by atoms with Crippen molar-refractivity contribution in [1.29, 1.82) is 0 Å². The molecule has 172 valence electrons. The number of alkyl halides is 5. The summed E-state index contributed by atoms with van der Waals surface area (Å²) in [5.41, 5.74) is 5.48. The third-order valence-corrected chi connectivity index (χ3v) is 5.55. The van der Waals surface area contributed by atoms with Gasteiger partial charge in [0.1, 0.15) is 23.3 Å². The molecule has 1 aromatic rings. The highest BCUT2D eigenvalue weighted by atomic mass is 19.4. The highest BCUT2D eigenvalue weighted by Crippen LogP contribution is 2.44. The maximum absolute atomic E-state index is 13.9. The van der Waals surface area contributed by atoms with Gasteiger partial charge in [0.2, 0.25) is 11.9 Å². The minimum Gasteiger partial charge on any atom is -0.383 e. The minimum absolute atomic E-state index is 0.00323. The second-order valence-corrected chi connectivity index (χ2v) is 8.13. The number of halogens is 6. The molecule has 0 radical (unpaired) electrons. The molecule has 1 aromatic heterocycles. The second kappa shape index (κ2) is 6.87. The van der Waals surface area contributed by atoms with Gasteiger partial charge in [-0.1, -0.05) is 0 Å². The van der Waals surface area contributed by atoms with Gasteiger partial charge in [0.05, 0.1) is 17.5 Å². The molecule has 0 saturated carbocycles. The molecule has 0 spiro atoms. The third kappa shape index (κ3) is 3.35. The van der Waals surface area contributed by atoms with Gasteiger partial charge in [0.25, 0.3) is 0 Å². The van der Waals surface area contributed by atoms with Crippen LogP contribution in [0.15, 0.2) is 35.7 Å². The van der Waals surface area contributed by atoms with E-state index in [1.807, 2.05) is 0 Å². The van der Waals surface area contributed by atoms with E-state index in [2.05, 4.69) is 15.3 Å². The summed E-state index contributed by atoms with van der Waals surface area (Å²) in [7, 11) is 0. The van der Waals surface area contributed by atoms with Crippen molar-refractivity contribution in [3.8, 4) is 0 Å². The molecule has 1 amide bonds. The molecular formula is C19H18F6N6O. The normalized spacial score (nSPS) is 19.9. The SMILES string of the molecule is CC1(C)C(=O)Nc2nc(N3C=C(CCC(F)(F)C(F)(F)F)N4CC(F)=CC=C43)nc(N)c21. The maximum atomic E-state index is 13.9. The fraction of sp³-hybridized carbons (Fsp3) is 0.421. The number of anilines is 3. The first kappa shape index (κ1) is 22.0. The van der Waals surface area contributed by atoms with Gasteiger partial charge in [0, 0.05) is 18.3 Å². The number of carbonyl (C=O) groups is 1. The lowest BCUT2D eigenvalue weighted by Crippen LogP contribution is -2.37. The molecule has 3 N–H and O–H groups in total. The lowest BCUT2D eigenvalue weighted by atomic mass is 9.87. The van der Waals surface area contributed by atoms with Crippen LogP contribution in [0.4, 0.5) is 43.9 Å². The largest absolute Gasteiger partial charge is 0.453 e.